The Bertz CT molecular complexity index is 950. The summed E-state index contributed by atoms with van der Waals surface area (Å²) in [5, 5.41) is 9.21. The largest absolute Gasteiger partial charge is 0.349 e. The fraction of sp³-hybridized carbons (Fsp3) is 0.708. The zero-order valence-electron chi connectivity index (χ0n) is 18.6. The fourth-order valence-electron chi connectivity index (χ4n) is 5.72. The van der Waals surface area contributed by atoms with Crippen molar-refractivity contribution >= 4 is 33.2 Å². The number of amides is 1. The third-order valence-corrected chi connectivity index (χ3v) is 8.66. The van der Waals surface area contributed by atoms with Gasteiger partial charge in [-0.15, -0.1) is 11.3 Å². The molecule has 3 aliphatic rings. The van der Waals surface area contributed by atoms with Gasteiger partial charge in [-0.05, 0) is 51.5 Å². The van der Waals surface area contributed by atoms with E-state index in [4.69, 9.17) is 5.10 Å². The summed E-state index contributed by atoms with van der Waals surface area (Å²) in [6, 6.07) is 2.83. The van der Waals surface area contributed by atoms with E-state index in [1.165, 1.54) is 32.1 Å². The number of piperidine rings is 1. The van der Waals surface area contributed by atoms with Crippen LogP contribution in [0.3, 0.4) is 0 Å². The summed E-state index contributed by atoms with van der Waals surface area (Å²) in [4.78, 5) is 29.6. The van der Waals surface area contributed by atoms with Crippen LogP contribution in [-0.4, -0.2) is 51.5 Å². The van der Waals surface area contributed by atoms with Crippen LogP contribution in [0, 0.1) is 6.92 Å². The third kappa shape index (κ3) is 4.31. The summed E-state index contributed by atoms with van der Waals surface area (Å²) < 4.78 is 2.20. The number of rotatable bonds is 4. The number of aromatic nitrogens is 2. The first-order valence-electron chi connectivity index (χ1n) is 12.2. The minimum atomic E-state index is 0.0444. The summed E-state index contributed by atoms with van der Waals surface area (Å²) in [6.07, 6.45) is 12.1. The van der Waals surface area contributed by atoms with Crippen LogP contribution in [-0.2, 0) is 4.79 Å². The lowest BCUT2D eigenvalue weighted by molar-refractivity contribution is -0.126. The molecule has 168 valence electrons. The molecule has 1 N–H and O–H groups in total. The second kappa shape index (κ2) is 9.02. The maximum atomic E-state index is 13.0. The molecule has 7 heteroatoms. The number of aryl methyl sites for hydroxylation is 1. The Morgan fingerprint density at radius 1 is 1.06 bits per heavy atom. The average molecular weight is 443 g/mol. The highest BCUT2D eigenvalue weighted by Crippen LogP contribution is 2.35. The molecule has 1 atom stereocenters. The van der Waals surface area contributed by atoms with E-state index in [2.05, 4.69) is 21.8 Å². The van der Waals surface area contributed by atoms with Crippen molar-refractivity contribution in [3.63, 3.8) is 0 Å². The Morgan fingerprint density at radius 2 is 1.81 bits per heavy atom. The molecule has 5 rings (SSSR count). The Hall–Kier alpha value is -1.73. The molecule has 1 unspecified atom stereocenters. The fourth-order valence-corrected chi connectivity index (χ4v) is 6.86. The molecule has 2 saturated carbocycles. The third-order valence-electron chi connectivity index (χ3n) is 7.54. The van der Waals surface area contributed by atoms with Gasteiger partial charge in [-0.2, -0.15) is 5.10 Å². The van der Waals surface area contributed by atoms with Crippen molar-refractivity contribution in [2.24, 2.45) is 0 Å². The van der Waals surface area contributed by atoms with Gasteiger partial charge >= 0.3 is 0 Å². The predicted molar refractivity (Wildman–Crippen MR) is 124 cm³/mol. The number of hydrogen-bond donors (Lipinski definition) is 1. The zero-order chi connectivity index (χ0) is 21.4. The van der Waals surface area contributed by atoms with Crippen molar-refractivity contribution in [1.29, 1.82) is 0 Å². The molecule has 31 heavy (non-hydrogen) atoms. The molecule has 2 aromatic heterocycles. The average Bonchev–Trinajstić information content (AvgIpc) is 3.36. The van der Waals surface area contributed by atoms with E-state index in [1.54, 1.807) is 11.3 Å². The molecule has 2 aliphatic carbocycles. The number of ketones is 1. The highest BCUT2D eigenvalue weighted by Gasteiger charge is 2.32. The Kier molecular flexibility index (Phi) is 6.15. The van der Waals surface area contributed by atoms with Gasteiger partial charge in [0.25, 0.3) is 5.91 Å². The number of nitrogens with one attached hydrogen (secondary N) is 1. The molecule has 0 bridgehead atoms. The molecule has 1 aliphatic heterocycles. The summed E-state index contributed by atoms with van der Waals surface area (Å²) in [5.41, 5.74) is 1.03. The van der Waals surface area contributed by atoms with Crippen LogP contribution in [0.4, 0.5) is 0 Å². The first-order valence-corrected chi connectivity index (χ1v) is 13.0. The van der Waals surface area contributed by atoms with Crippen LogP contribution < -0.4 is 5.32 Å². The van der Waals surface area contributed by atoms with Crippen LogP contribution in [0.2, 0.25) is 0 Å². The summed E-state index contributed by atoms with van der Waals surface area (Å²) in [6.45, 7) is 3.87. The van der Waals surface area contributed by atoms with Gasteiger partial charge in [0.15, 0.2) is 0 Å². The van der Waals surface area contributed by atoms with Crippen molar-refractivity contribution in [2.45, 2.75) is 95.7 Å². The van der Waals surface area contributed by atoms with Crippen LogP contribution in [0.5, 0.6) is 0 Å². The van der Waals surface area contributed by atoms with Crippen molar-refractivity contribution in [3.8, 4) is 0 Å². The molecule has 3 fully saturated rings. The van der Waals surface area contributed by atoms with Crippen molar-refractivity contribution in [3.05, 3.63) is 16.6 Å². The number of nitrogens with zero attached hydrogens (tertiary/aromatic N) is 3. The quantitative estimate of drug-likeness (QED) is 0.750. The van der Waals surface area contributed by atoms with Gasteiger partial charge in [0.1, 0.15) is 10.6 Å². The smallest absolute Gasteiger partial charge is 0.261 e. The Balaban J connectivity index is 1.22. The highest BCUT2D eigenvalue weighted by molar-refractivity contribution is 7.20. The molecular formula is C24H34N4O2S. The van der Waals surface area contributed by atoms with Crippen LogP contribution in [0.1, 0.15) is 92.0 Å². The van der Waals surface area contributed by atoms with E-state index in [1.807, 2.05) is 6.07 Å². The number of fused-ring (bicyclic) bond motifs is 1. The van der Waals surface area contributed by atoms with Gasteiger partial charge in [0, 0.05) is 30.9 Å². The standard InChI is InChI=1S/C24H34N4O2S/c1-16-19-15-22(31-24(19)28(26-16)18-7-3-2-4-8-18)23(30)25-17-11-13-27(14-12-17)20-9-5-6-10-21(20)29/h15,17-18,20H,2-14H2,1H3,(H,25,30). The molecule has 1 amide bonds. The second-order valence-corrected chi connectivity index (χ2v) is 10.7. The number of thiophene rings is 1. The van der Waals surface area contributed by atoms with Crippen LogP contribution in [0.15, 0.2) is 6.07 Å². The molecule has 0 spiro atoms. The lowest BCUT2D eigenvalue weighted by Gasteiger charge is -2.38. The molecule has 2 aromatic rings. The number of hydrogen-bond acceptors (Lipinski definition) is 5. The molecule has 1 saturated heterocycles. The summed E-state index contributed by atoms with van der Waals surface area (Å²) in [7, 11) is 0. The number of Topliss-reactive ketones (excluding diaryl/α,β-unsaturated/α-hetero) is 1. The number of carbonyl (C=O) groups is 2. The van der Waals surface area contributed by atoms with Crippen molar-refractivity contribution < 1.29 is 9.59 Å². The monoisotopic (exact) mass is 442 g/mol. The first kappa shape index (κ1) is 21.1. The topological polar surface area (TPSA) is 67.2 Å². The van der Waals surface area contributed by atoms with Crippen molar-refractivity contribution in [1.82, 2.24) is 20.0 Å². The maximum Gasteiger partial charge on any atom is 0.261 e. The van der Waals surface area contributed by atoms with E-state index in [9.17, 15) is 9.59 Å². The van der Waals surface area contributed by atoms with Crippen LogP contribution >= 0.6 is 11.3 Å². The van der Waals surface area contributed by atoms with E-state index >= 15 is 0 Å². The minimum absolute atomic E-state index is 0.0444. The molecule has 3 heterocycles. The molecular weight excluding hydrogens is 408 g/mol. The summed E-state index contributed by atoms with van der Waals surface area (Å²) in [5.74, 6) is 0.462. The predicted octanol–water partition coefficient (Wildman–Crippen LogP) is 4.62. The van der Waals surface area contributed by atoms with Gasteiger partial charge in [-0.25, -0.2) is 0 Å². The number of carbonyl (C=O) groups excluding carboxylic acids is 2. The van der Waals surface area contributed by atoms with Gasteiger partial charge in [0.2, 0.25) is 0 Å². The summed E-state index contributed by atoms with van der Waals surface area (Å²) >= 11 is 1.59. The van der Waals surface area contributed by atoms with Gasteiger partial charge in [0.05, 0.1) is 22.7 Å². The molecule has 0 radical (unpaired) electrons. The lowest BCUT2D eigenvalue weighted by Crippen LogP contribution is -2.50. The Labute approximate surface area is 188 Å². The van der Waals surface area contributed by atoms with E-state index in [0.717, 1.165) is 72.4 Å². The van der Waals surface area contributed by atoms with Gasteiger partial charge in [-0.1, -0.05) is 25.7 Å². The zero-order valence-corrected chi connectivity index (χ0v) is 19.4. The van der Waals surface area contributed by atoms with Crippen LogP contribution in [0.25, 0.3) is 10.2 Å². The van der Waals surface area contributed by atoms with E-state index < -0.39 is 0 Å². The van der Waals surface area contributed by atoms with Gasteiger partial charge in [-0.3, -0.25) is 19.2 Å². The van der Waals surface area contributed by atoms with Gasteiger partial charge < -0.3 is 5.32 Å². The van der Waals surface area contributed by atoms with Crippen molar-refractivity contribution in [2.75, 3.05) is 13.1 Å². The SMILES string of the molecule is Cc1nn(C2CCCCC2)c2sc(C(=O)NC3CCN(C4CCCCC4=O)CC3)cc12. The first-order chi connectivity index (χ1) is 15.1. The normalized spacial score (nSPS) is 24.7. The lowest BCUT2D eigenvalue weighted by atomic mass is 9.91. The second-order valence-electron chi connectivity index (χ2n) is 9.66. The highest BCUT2D eigenvalue weighted by atomic mass is 32.1. The van der Waals surface area contributed by atoms with E-state index in [-0.39, 0.29) is 18.0 Å². The molecule has 0 aromatic carbocycles. The number of likely N-dealkylation sites (tertiary alicyclic amines) is 1. The maximum absolute atomic E-state index is 13.0. The Morgan fingerprint density at radius 3 is 2.55 bits per heavy atom. The molecule has 6 nitrogen and oxygen atoms in total. The van der Waals surface area contributed by atoms with E-state index in [0.29, 0.717) is 11.8 Å². The minimum Gasteiger partial charge on any atom is -0.349 e.